The largest absolute Gasteiger partial charge is 0.0611 e. The number of hydrogen-bond donors (Lipinski definition) is 0. The van der Waals surface area contributed by atoms with E-state index in [1.54, 1.807) is 0 Å². The van der Waals surface area contributed by atoms with Crippen LogP contribution in [0, 0.1) is 14.3 Å². The van der Waals surface area contributed by atoms with E-state index in [1.165, 1.54) is 14.3 Å². The smallest absolute Gasteiger partial charge is 0.0263 e. The van der Waals surface area contributed by atoms with Crippen LogP contribution in [0.5, 0.6) is 0 Å². The summed E-state index contributed by atoms with van der Waals surface area (Å²) in [6.45, 7) is 0. The fourth-order valence-corrected chi connectivity index (χ4v) is 2.43. The third-order valence-corrected chi connectivity index (χ3v) is 7.48. The summed E-state index contributed by atoms with van der Waals surface area (Å²) in [4.78, 5) is 0. The van der Waals surface area contributed by atoms with Gasteiger partial charge in [-0.05, 0) is 115 Å². The SMILES string of the molecule is Ic1ccccc1I.Ic1ccccc1I. The Hall–Kier alpha value is 1.36. The van der Waals surface area contributed by atoms with Crippen LogP contribution in [0.1, 0.15) is 0 Å². The Balaban J connectivity index is 0.000000160. The lowest BCUT2D eigenvalue weighted by Gasteiger charge is -1.89. The molecule has 0 atom stereocenters. The summed E-state index contributed by atoms with van der Waals surface area (Å²) in [5.41, 5.74) is 0. The molecule has 0 fully saturated rings. The van der Waals surface area contributed by atoms with Crippen molar-refractivity contribution in [2.45, 2.75) is 0 Å². The van der Waals surface area contributed by atoms with Gasteiger partial charge in [0.25, 0.3) is 0 Å². The lowest BCUT2D eigenvalue weighted by molar-refractivity contribution is 1.58. The minimum atomic E-state index is 1.32. The first-order valence-corrected chi connectivity index (χ1v) is 8.73. The van der Waals surface area contributed by atoms with Crippen LogP contribution in [0.25, 0.3) is 0 Å². The zero-order valence-corrected chi connectivity index (χ0v) is 16.8. The maximum atomic E-state index is 2.32. The highest BCUT2D eigenvalue weighted by Gasteiger charge is 1.88. The van der Waals surface area contributed by atoms with Gasteiger partial charge in [-0.2, -0.15) is 0 Å². The van der Waals surface area contributed by atoms with Crippen molar-refractivity contribution in [1.29, 1.82) is 0 Å². The average molecular weight is 660 g/mol. The number of hydrogen-bond acceptors (Lipinski definition) is 0. The molecule has 0 saturated heterocycles. The molecule has 84 valence electrons. The first-order valence-electron chi connectivity index (χ1n) is 4.41. The van der Waals surface area contributed by atoms with Crippen LogP contribution >= 0.6 is 90.4 Å². The third-order valence-electron chi connectivity index (χ3n) is 1.65. The Morgan fingerprint density at radius 1 is 0.438 bits per heavy atom. The van der Waals surface area contributed by atoms with E-state index in [0.717, 1.165) is 0 Å². The van der Waals surface area contributed by atoms with Gasteiger partial charge in [-0.15, -0.1) is 0 Å². The molecule has 0 unspecified atom stereocenters. The Morgan fingerprint density at radius 3 is 0.750 bits per heavy atom. The minimum absolute atomic E-state index is 1.32. The van der Waals surface area contributed by atoms with Crippen LogP contribution < -0.4 is 0 Å². The van der Waals surface area contributed by atoms with Crippen LogP contribution in [0.2, 0.25) is 0 Å². The topological polar surface area (TPSA) is 0 Å². The third kappa shape index (κ3) is 5.80. The second-order valence-electron chi connectivity index (χ2n) is 2.83. The fourth-order valence-electron chi connectivity index (χ4n) is 0.879. The zero-order valence-electron chi connectivity index (χ0n) is 8.13. The van der Waals surface area contributed by atoms with E-state index in [-0.39, 0.29) is 0 Å². The van der Waals surface area contributed by atoms with Crippen LogP contribution in [-0.2, 0) is 0 Å². The van der Waals surface area contributed by atoms with Crippen LogP contribution in [0.4, 0.5) is 0 Å². The molecule has 2 rings (SSSR count). The summed E-state index contributed by atoms with van der Waals surface area (Å²) in [6.07, 6.45) is 0. The van der Waals surface area contributed by atoms with Crippen molar-refractivity contribution in [1.82, 2.24) is 0 Å². The molecular formula is C12H8I4. The van der Waals surface area contributed by atoms with E-state index < -0.39 is 0 Å². The van der Waals surface area contributed by atoms with Gasteiger partial charge < -0.3 is 0 Å². The van der Waals surface area contributed by atoms with Crippen molar-refractivity contribution in [3.05, 3.63) is 62.8 Å². The lowest BCUT2D eigenvalue weighted by Crippen LogP contribution is -1.73. The van der Waals surface area contributed by atoms with Crippen molar-refractivity contribution in [2.75, 3.05) is 0 Å². The van der Waals surface area contributed by atoms with Gasteiger partial charge in [0.1, 0.15) is 0 Å². The predicted molar refractivity (Wildman–Crippen MR) is 104 cm³/mol. The number of benzene rings is 2. The monoisotopic (exact) mass is 660 g/mol. The van der Waals surface area contributed by atoms with Gasteiger partial charge in [0.05, 0.1) is 0 Å². The van der Waals surface area contributed by atoms with Gasteiger partial charge in [-0.1, -0.05) is 24.3 Å². The van der Waals surface area contributed by atoms with Crippen LogP contribution in [0.3, 0.4) is 0 Å². The average Bonchev–Trinajstić information content (AvgIpc) is 2.28. The molecule has 0 saturated carbocycles. The maximum absolute atomic E-state index is 2.32. The summed E-state index contributed by atoms with van der Waals surface area (Å²) >= 11 is 9.27. The predicted octanol–water partition coefficient (Wildman–Crippen LogP) is 5.79. The molecule has 2 aromatic rings. The normalized spacial score (nSPS) is 9.25. The van der Waals surface area contributed by atoms with E-state index in [2.05, 4.69) is 115 Å². The molecule has 0 heterocycles. The van der Waals surface area contributed by atoms with Gasteiger partial charge in [0.2, 0.25) is 0 Å². The van der Waals surface area contributed by atoms with Gasteiger partial charge in [0, 0.05) is 14.3 Å². The molecule has 0 aromatic heterocycles. The molecule has 0 N–H and O–H groups in total. The molecule has 0 radical (unpaired) electrons. The van der Waals surface area contributed by atoms with E-state index in [9.17, 15) is 0 Å². The molecule has 0 spiro atoms. The van der Waals surface area contributed by atoms with Crippen molar-refractivity contribution in [2.24, 2.45) is 0 Å². The number of rotatable bonds is 0. The van der Waals surface area contributed by atoms with E-state index in [1.807, 2.05) is 24.3 Å². The summed E-state index contributed by atoms with van der Waals surface area (Å²) in [6, 6.07) is 16.6. The minimum Gasteiger partial charge on any atom is -0.0611 e. The van der Waals surface area contributed by atoms with Crippen LogP contribution in [0.15, 0.2) is 48.5 Å². The number of halogens is 4. The highest BCUT2D eigenvalue weighted by molar-refractivity contribution is 14.1. The second kappa shape index (κ2) is 8.46. The highest BCUT2D eigenvalue weighted by Crippen LogP contribution is 2.13. The molecule has 0 bridgehead atoms. The standard InChI is InChI=1S/2C6H4I2/c2*7-5-3-1-2-4-6(5)8/h2*1-4H. The first kappa shape index (κ1) is 15.4. The lowest BCUT2D eigenvalue weighted by atomic mass is 10.4. The highest BCUT2D eigenvalue weighted by atomic mass is 127. The Morgan fingerprint density at radius 2 is 0.625 bits per heavy atom. The Bertz CT molecular complexity index is 369. The summed E-state index contributed by atoms with van der Waals surface area (Å²) in [5.74, 6) is 0. The zero-order chi connectivity index (χ0) is 12.0. The second-order valence-corrected chi connectivity index (χ2v) is 7.48. The van der Waals surface area contributed by atoms with E-state index >= 15 is 0 Å². The van der Waals surface area contributed by atoms with Crippen molar-refractivity contribution >= 4 is 90.4 Å². The van der Waals surface area contributed by atoms with Gasteiger partial charge in [-0.3, -0.25) is 0 Å². The fraction of sp³-hybridized carbons (Fsp3) is 0. The molecule has 0 amide bonds. The van der Waals surface area contributed by atoms with Gasteiger partial charge >= 0.3 is 0 Å². The molecule has 0 aliphatic rings. The molecule has 4 heteroatoms. The van der Waals surface area contributed by atoms with Crippen molar-refractivity contribution < 1.29 is 0 Å². The van der Waals surface area contributed by atoms with E-state index in [4.69, 9.17) is 0 Å². The molecular weight excluding hydrogens is 652 g/mol. The molecule has 0 aliphatic carbocycles. The Labute approximate surface area is 151 Å². The van der Waals surface area contributed by atoms with Gasteiger partial charge in [0.15, 0.2) is 0 Å². The Kier molecular flexibility index (Phi) is 8.15. The quantitative estimate of drug-likeness (QED) is 0.315. The first-order chi connectivity index (χ1) is 7.61. The van der Waals surface area contributed by atoms with Gasteiger partial charge in [-0.25, -0.2) is 0 Å². The van der Waals surface area contributed by atoms with Crippen molar-refractivity contribution in [3.8, 4) is 0 Å². The molecule has 2 aromatic carbocycles. The summed E-state index contributed by atoms with van der Waals surface area (Å²) in [7, 11) is 0. The molecule has 0 nitrogen and oxygen atoms in total. The molecule has 0 aliphatic heterocycles. The molecule has 16 heavy (non-hydrogen) atoms. The van der Waals surface area contributed by atoms with E-state index in [0.29, 0.717) is 0 Å². The summed E-state index contributed by atoms with van der Waals surface area (Å²) in [5, 5.41) is 0. The summed E-state index contributed by atoms with van der Waals surface area (Å²) < 4.78 is 5.30. The van der Waals surface area contributed by atoms with Crippen molar-refractivity contribution in [3.63, 3.8) is 0 Å². The maximum Gasteiger partial charge on any atom is 0.0263 e. The van der Waals surface area contributed by atoms with Crippen LogP contribution in [-0.4, -0.2) is 0 Å².